The zero-order valence-electron chi connectivity index (χ0n) is 20.7. The molecule has 0 unspecified atom stereocenters. The second kappa shape index (κ2) is 8.63. The average Bonchev–Trinajstić information content (AvgIpc) is 3.25. The number of carboxylic acid groups (broad SMARTS) is 1. The lowest BCUT2D eigenvalue weighted by Crippen LogP contribution is -2.74. The highest BCUT2D eigenvalue weighted by Gasteiger charge is 2.67. The molecule has 5 rings (SSSR count). The largest absolute Gasteiger partial charge is 0.480 e. The minimum absolute atomic E-state index is 0.388. The molecule has 0 radical (unpaired) electrons. The van der Waals surface area contributed by atoms with E-state index < -0.39 is 74.1 Å². The first-order chi connectivity index (χ1) is 17.3. The molecule has 4 saturated heterocycles. The predicted molar refractivity (Wildman–Crippen MR) is 137 cm³/mol. The number of β-lactam (4-membered cyclic amide) rings is 2. The molecule has 0 saturated carbocycles. The fourth-order valence-corrected chi connectivity index (χ4v) is 8.86. The number of carboxylic acids is 1. The van der Waals surface area contributed by atoms with E-state index >= 15 is 0 Å². The van der Waals surface area contributed by atoms with Gasteiger partial charge in [0, 0.05) is 9.49 Å². The fourth-order valence-electron chi connectivity index (χ4n) is 5.60. The van der Waals surface area contributed by atoms with Crippen molar-refractivity contribution in [3.8, 4) is 0 Å². The molecule has 4 aliphatic heterocycles. The van der Waals surface area contributed by atoms with E-state index in [-0.39, 0.29) is 5.91 Å². The van der Waals surface area contributed by atoms with Gasteiger partial charge in [-0.2, -0.15) is 0 Å². The van der Waals surface area contributed by atoms with Gasteiger partial charge in [0.25, 0.3) is 0 Å². The second-order valence-corrected chi connectivity index (χ2v) is 14.3. The maximum atomic E-state index is 13.4. The molecular weight excluding hydrogens is 518 g/mol. The Balaban J connectivity index is 1.26. The monoisotopic (exact) mass is 547 g/mol. The van der Waals surface area contributed by atoms with Crippen molar-refractivity contribution >= 4 is 53.1 Å². The third-order valence-corrected chi connectivity index (χ3v) is 10.5. The molecule has 7 atom stereocenters. The molecule has 198 valence electrons. The first kappa shape index (κ1) is 25.9. The van der Waals surface area contributed by atoms with Crippen LogP contribution in [-0.4, -0.2) is 88.9 Å². The lowest BCUT2D eigenvalue weighted by atomic mass is 9.93. The van der Waals surface area contributed by atoms with Crippen molar-refractivity contribution in [3.05, 3.63) is 35.9 Å². The highest BCUT2D eigenvalue weighted by molar-refractivity contribution is 8.02. The van der Waals surface area contributed by atoms with Crippen LogP contribution in [0.3, 0.4) is 0 Å². The van der Waals surface area contributed by atoms with Gasteiger partial charge in [0.1, 0.15) is 41.0 Å². The van der Waals surface area contributed by atoms with Crippen molar-refractivity contribution in [3.63, 3.8) is 0 Å². The van der Waals surface area contributed by atoms with Crippen LogP contribution in [0.15, 0.2) is 30.3 Å². The maximum Gasteiger partial charge on any atom is 0.327 e. The minimum Gasteiger partial charge on any atom is -0.480 e. The molecule has 4 heterocycles. The number of hydrogen-bond acceptors (Lipinski definition) is 8. The number of nitrogens with zero attached hydrogens (tertiary/aromatic N) is 2. The van der Waals surface area contributed by atoms with E-state index in [4.69, 9.17) is 5.73 Å². The van der Waals surface area contributed by atoms with E-state index in [0.29, 0.717) is 5.56 Å². The molecule has 0 aliphatic carbocycles. The van der Waals surface area contributed by atoms with Crippen molar-refractivity contribution in [2.24, 2.45) is 5.73 Å². The molecule has 13 heteroatoms. The number of rotatable bonds is 6. The van der Waals surface area contributed by atoms with E-state index in [2.05, 4.69) is 10.6 Å². The summed E-state index contributed by atoms with van der Waals surface area (Å²) in [6.07, 6.45) is 0. The Morgan fingerprint density at radius 1 is 0.892 bits per heavy atom. The number of amides is 4. The topological polar surface area (TPSA) is 162 Å². The summed E-state index contributed by atoms with van der Waals surface area (Å²) < 4.78 is -1.40. The van der Waals surface area contributed by atoms with Crippen LogP contribution < -0.4 is 16.4 Å². The number of benzene rings is 1. The van der Waals surface area contributed by atoms with Crippen LogP contribution in [0.25, 0.3) is 0 Å². The summed E-state index contributed by atoms with van der Waals surface area (Å²) in [7, 11) is 0. The van der Waals surface area contributed by atoms with E-state index in [1.54, 1.807) is 38.1 Å². The number of aliphatic carboxylic acids is 1. The van der Waals surface area contributed by atoms with E-state index in [1.807, 2.05) is 19.9 Å². The smallest absolute Gasteiger partial charge is 0.327 e. The van der Waals surface area contributed by atoms with Gasteiger partial charge in [-0.05, 0) is 33.3 Å². The lowest BCUT2D eigenvalue weighted by Gasteiger charge is -2.46. The summed E-state index contributed by atoms with van der Waals surface area (Å²) in [4.78, 5) is 66.6. The van der Waals surface area contributed by atoms with Gasteiger partial charge < -0.3 is 31.3 Å². The predicted octanol–water partition coefficient (Wildman–Crippen LogP) is -0.135. The van der Waals surface area contributed by atoms with Gasteiger partial charge in [-0.15, -0.1) is 23.5 Å². The molecular formula is C24H29N5O6S2. The SMILES string of the molecule is CC1(C)S[C@@H]2[C@H](NC(=O)[C@@H]3N4C(=O)[C@@H](NC(=O)[C@H](N)c5ccccc5)[C@H]4SC3(C)C)C(=O)N2[C@H]1C(=O)O. The number of carbonyl (C=O) groups is 5. The van der Waals surface area contributed by atoms with Gasteiger partial charge in [-0.25, -0.2) is 4.79 Å². The minimum atomic E-state index is -1.08. The molecule has 4 fully saturated rings. The number of thioether (sulfide) groups is 2. The molecule has 5 N–H and O–H groups in total. The summed E-state index contributed by atoms with van der Waals surface area (Å²) in [5, 5.41) is 14.2. The first-order valence-electron chi connectivity index (χ1n) is 11.9. The summed E-state index contributed by atoms with van der Waals surface area (Å²) in [6.45, 7) is 7.20. The molecule has 0 spiro atoms. The maximum absolute atomic E-state index is 13.4. The van der Waals surface area contributed by atoms with Crippen LogP contribution >= 0.6 is 23.5 Å². The standard InChI is InChI=1S/C24H29N5O6S2/c1-23(2)14(17(31)27-13-19(33)29-15(22(34)35)24(3,4)37-21(13)29)28-18(32)12(20(28)36-23)26-16(30)11(25)10-8-6-5-7-9-10/h5-9,11-15,20-21H,25H2,1-4H3,(H,26,30)(H,27,31)(H,34,35)/t11-,12-,13-,14+,15+,20-,21-/m1/s1. The average molecular weight is 548 g/mol. The van der Waals surface area contributed by atoms with Gasteiger partial charge in [-0.3, -0.25) is 19.2 Å². The Morgan fingerprint density at radius 3 is 1.92 bits per heavy atom. The molecule has 11 nitrogen and oxygen atoms in total. The number of nitrogens with one attached hydrogen (secondary N) is 2. The zero-order valence-corrected chi connectivity index (χ0v) is 22.3. The molecule has 1 aromatic carbocycles. The fraction of sp³-hybridized carbons (Fsp3) is 0.542. The molecule has 4 aliphatic rings. The lowest BCUT2D eigenvalue weighted by molar-refractivity contribution is -0.162. The Hall–Kier alpha value is -2.77. The Morgan fingerprint density at radius 2 is 1.38 bits per heavy atom. The molecule has 37 heavy (non-hydrogen) atoms. The van der Waals surface area contributed by atoms with E-state index in [1.165, 1.54) is 33.3 Å². The van der Waals surface area contributed by atoms with Gasteiger partial charge in [-0.1, -0.05) is 30.3 Å². The van der Waals surface area contributed by atoms with Crippen LogP contribution in [-0.2, 0) is 24.0 Å². The Kier molecular flexibility index (Phi) is 6.03. The van der Waals surface area contributed by atoms with Crippen molar-refractivity contribution in [1.29, 1.82) is 0 Å². The zero-order chi connectivity index (χ0) is 27.0. The van der Waals surface area contributed by atoms with Gasteiger partial charge in [0.15, 0.2) is 0 Å². The van der Waals surface area contributed by atoms with Gasteiger partial charge >= 0.3 is 5.97 Å². The summed E-state index contributed by atoms with van der Waals surface area (Å²) in [5.74, 6) is -2.88. The third-order valence-electron chi connectivity index (χ3n) is 7.40. The summed E-state index contributed by atoms with van der Waals surface area (Å²) in [6, 6.07) is 4.39. The molecule has 0 bridgehead atoms. The van der Waals surface area contributed by atoms with Crippen LogP contribution in [0.2, 0.25) is 0 Å². The van der Waals surface area contributed by atoms with Crippen molar-refractivity contribution in [1.82, 2.24) is 20.4 Å². The summed E-state index contributed by atoms with van der Waals surface area (Å²) >= 11 is 2.74. The normalized spacial score (nSPS) is 33.5. The van der Waals surface area contributed by atoms with Crippen LogP contribution in [0.5, 0.6) is 0 Å². The first-order valence-corrected chi connectivity index (χ1v) is 13.7. The number of hydrogen-bond donors (Lipinski definition) is 4. The van der Waals surface area contributed by atoms with Crippen LogP contribution in [0.4, 0.5) is 0 Å². The molecule has 0 aromatic heterocycles. The van der Waals surface area contributed by atoms with Gasteiger partial charge in [0.05, 0.1) is 0 Å². The van der Waals surface area contributed by atoms with E-state index in [9.17, 15) is 29.1 Å². The van der Waals surface area contributed by atoms with Crippen molar-refractivity contribution in [2.75, 3.05) is 0 Å². The van der Waals surface area contributed by atoms with Crippen LogP contribution in [0, 0.1) is 0 Å². The second-order valence-electron chi connectivity index (χ2n) is 10.7. The quantitative estimate of drug-likeness (QED) is 0.355. The summed E-state index contributed by atoms with van der Waals surface area (Å²) in [5.41, 5.74) is 6.70. The molecule has 4 amide bonds. The van der Waals surface area contributed by atoms with Gasteiger partial charge in [0.2, 0.25) is 23.6 Å². The Labute approximate surface area is 222 Å². The highest BCUT2D eigenvalue weighted by Crippen LogP contribution is 2.53. The van der Waals surface area contributed by atoms with E-state index in [0.717, 1.165) is 0 Å². The van der Waals surface area contributed by atoms with Crippen LogP contribution in [0.1, 0.15) is 39.3 Å². The third kappa shape index (κ3) is 3.89. The highest BCUT2D eigenvalue weighted by atomic mass is 32.2. The molecule has 1 aromatic rings. The number of nitrogens with two attached hydrogens (primary N) is 1. The van der Waals surface area contributed by atoms with Crippen molar-refractivity contribution in [2.45, 2.75) is 78.1 Å². The number of carbonyl (C=O) groups excluding carboxylic acids is 4. The van der Waals surface area contributed by atoms with Crippen molar-refractivity contribution < 1.29 is 29.1 Å². The number of fused-ring (bicyclic) bond motifs is 2. The Bertz CT molecular complexity index is 1190.